The third kappa shape index (κ3) is 12.7. The average molecular weight is 688 g/mol. The molecule has 3 amide bonds. The zero-order valence-corrected chi connectivity index (χ0v) is 30.1. The van der Waals surface area contributed by atoms with Crippen molar-refractivity contribution >= 4 is 23.9 Å². The first-order valence-electron chi connectivity index (χ1n) is 17.2. The Morgan fingerprint density at radius 1 is 0.780 bits per heavy atom. The molecule has 10 nitrogen and oxygen atoms in total. The molecule has 0 saturated carbocycles. The molecule has 0 heterocycles. The van der Waals surface area contributed by atoms with Crippen LogP contribution in [0.25, 0.3) is 0 Å². The van der Waals surface area contributed by atoms with Crippen LogP contribution in [-0.4, -0.2) is 70.8 Å². The quantitative estimate of drug-likeness (QED) is 0.173. The van der Waals surface area contributed by atoms with Crippen molar-refractivity contribution < 1.29 is 33.8 Å². The molecule has 0 aliphatic heterocycles. The largest absolute Gasteiger partial charge is 0.467 e. The number of aliphatic hydroxyl groups excluding tert-OH is 1. The van der Waals surface area contributed by atoms with E-state index in [0.717, 1.165) is 16.0 Å². The topological polar surface area (TPSA) is 148 Å². The van der Waals surface area contributed by atoms with Crippen LogP contribution in [0.3, 0.4) is 0 Å². The van der Waals surface area contributed by atoms with Crippen LogP contribution in [0.5, 0.6) is 0 Å². The highest BCUT2D eigenvalue weighted by Gasteiger charge is 2.42. The number of esters is 1. The lowest BCUT2D eigenvalue weighted by atomic mass is 9.88. The Hall–Kier alpha value is -4.54. The second kappa shape index (κ2) is 19.0. The number of carbonyl (C=O) groups excluding carboxylic acids is 4. The monoisotopic (exact) mass is 687 g/mol. The van der Waals surface area contributed by atoms with Crippen LogP contribution in [0.1, 0.15) is 64.2 Å². The summed E-state index contributed by atoms with van der Waals surface area (Å²) in [7, 11) is 1.19. The molecule has 0 radical (unpaired) electrons. The summed E-state index contributed by atoms with van der Waals surface area (Å²) in [6.45, 7) is 8.76. The summed E-state index contributed by atoms with van der Waals surface area (Å²) in [5.41, 5.74) is 7.96. The standard InChI is InChI=1S/C40H53N3O7/c1-27(2)22-33(37(46)43(39(48)50-40(3,4)5)34(38(47)49-6)25-30-20-14-9-15-21-30)42-36(45)31(23-28-16-10-7-11-17-28)26-35(44)32(41)24-29-18-12-8-13-19-29/h7-21,27,31-35,44H,22-26,41H2,1-6H3,(H,42,45)/t31?,32-,33+,34?,35-/m0/s1. The van der Waals surface area contributed by atoms with Crippen LogP contribution in [-0.2, 0) is 43.1 Å². The van der Waals surface area contributed by atoms with Gasteiger partial charge in [-0.3, -0.25) is 9.59 Å². The summed E-state index contributed by atoms with van der Waals surface area (Å²) in [4.78, 5) is 56.6. The van der Waals surface area contributed by atoms with Crippen LogP contribution >= 0.6 is 0 Å². The molecule has 3 rings (SSSR count). The van der Waals surface area contributed by atoms with Crippen LogP contribution in [0, 0.1) is 11.8 Å². The highest BCUT2D eigenvalue weighted by atomic mass is 16.6. The van der Waals surface area contributed by atoms with E-state index in [9.17, 15) is 24.3 Å². The minimum atomic E-state index is -1.37. The van der Waals surface area contributed by atoms with Crippen LogP contribution in [0.2, 0.25) is 0 Å². The molecule has 0 spiro atoms. The molecule has 3 aromatic rings. The highest BCUT2D eigenvalue weighted by molar-refractivity contribution is 6.01. The van der Waals surface area contributed by atoms with Crippen molar-refractivity contribution in [2.24, 2.45) is 17.6 Å². The Balaban J connectivity index is 1.97. The van der Waals surface area contributed by atoms with E-state index in [1.54, 1.807) is 45.0 Å². The molecule has 270 valence electrons. The molecular formula is C40H53N3O7. The Bertz CT molecular complexity index is 1510. The van der Waals surface area contributed by atoms with Gasteiger partial charge in [0.1, 0.15) is 17.7 Å². The SMILES string of the molecule is COC(=O)C(Cc1ccccc1)N(C(=O)OC(C)(C)C)C(=O)[C@@H](CC(C)C)NC(=O)C(Cc1ccccc1)C[C@H](O)[C@@H](N)Cc1ccccc1. The van der Waals surface area contributed by atoms with Gasteiger partial charge in [0.15, 0.2) is 0 Å². The zero-order chi connectivity index (χ0) is 36.8. The van der Waals surface area contributed by atoms with E-state index in [0.29, 0.717) is 12.0 Å². The fourth-order valence-electron chi connectivity index (χ4n) is 5.76. The number of rotatable bonds is 16. The van der Waals surface area contributed by atoms with Gasteiger partial charge >= 0.3 is 12.1 Å². The average Bonchev–Trinajstić information content (AvgIpc) is 3.07. The molecule has 10 heteroatoms. The van der Waals surface area contributed by atoms with Crippen LogP contribution < -0.4 is 11.1 Å². The normalized spacial score (nSPS) is 14.5. The second-order valence-electron chi connectivity index (χ2n) is 14.2. The maximum Gasteiger partial charge on any atom is 0.417 e. The van der Waals surface area contributed by atoms with Crippen molar-refractivity contribution in [2.45, 2.75) is 96.6 Å². The van der Waals surface area contributed by atoms with E-state index >= 15 is 0 Å². The zero-order valence-electron chi connectivity index (χ0n) is 30.1. The van der Waals surface area contributed by atoms with Crippen LogP contribution in [0.4, 0.5) is 4.79 Å². The predicted octanol–water partition coefficient (Wildman–Crippen LogP) is 5.25. The minimum Gasteiger partial charge on any atom is -0.467 e. The highest BCUT2D eigenvalue weighted by Crippen LogP contribution is 2.22. The maximum absolute atomic E-state index is 14.5. The van der Waals surface area contributed by atoms with Crippen molar-refractivity contribution in [1.82, 2.24) is 10.2 Å². The van der Waals surface area contributed by atoms with Crippen molar-refractivity contribution in [1.29, 1.82) is 0 Å². The van der Waals surface area contributed by atoms with E-state index in [-0.39, 0.29) is 31.6 Å². The summed E-state index contributed by atoms with van der Waals surface area (Å²) >= 11 is 0. The lowest BCUT2D eigenvalue weighted by Crippen LogP contribution is -2.58. The number of aliphatic hydroxyl groups is 1. The summed E-state index contributed by atoms with van der Waals surface area (Å²) in [6, 6.07) is 24.7. The van der Waals surface area contributed by atoms with Crippen LogP contribution in [0.15, 0.2) is 91.0 Å². The van der Waals surface area contributed by atoms with Gasteiger partial charge in [0.2, 0.25) is 5.91 Å². The van der Waals surface area contributed by atoms with Crippen molar-refractivity contribution in [3.8, 4) is 0 Å². The number of hydrogen-bond donors (Lipinski definition) is 3. The number of nitrogens with zero attached hydrogens (tertiary/aromatic N) is 1. The van der Waals surface area contributed by atoms with Gasteiger partial charge in [0.25, 0.3) is 5.91 Å². The fraction of sp³-hybridized carbons (Fsp3) is 0.450. The molecule has 0 aliphatic rings. The summed E-state index contributed by atoms with van der Waals surface area (Å²) in [6.07, 6.45) is -1.19. The first-order valence-corrected chi connectivity index (χ1v) is 17.2. The molecule has 4 N–H and O–H groups in total. The van der Waals surface area contributed by atoms with Gasteiger partial charge in [-0.05, 0) is 69.1 Å². The summed E-state index contributed by atoms with van der Waals surface area (Å²) in [5.74, 6) is -2.95. The number of carbonyl (C=O) groups is 4. The number of nitrogens with one attached hydrogen (secondary N) is 1. The summed E-state index contributed by atoms with van der Waals surface area (Å²) in [5, 5.41) is 14.1. The van der Waals surface area contributed by atoms with Gasteiger partial charge in [-0.2, -0.15) is 0 Å². The number of benzene rings is 3. The van der Waals surface area contributed by atoms with Gasteiger partial charge in [0, 0.05) is 18.4 Å². The third-order valence-electron chi connectivity index (χ3n) is 8.24. The fourth-order valence-corrected chi connectivity index (χ4v) is 5.76. The van der Waals surface area contributed by atoms with Gasteiger partial charge in [-0.1, -0.05) is 105 Å². The lowest BCUT2D eigenvalue weighted by molar-refractivity contribution is -0.153. The number of imide groups is 1. The Morgan fingerprint density at radius 2 is 1.26 bits per heavy atom. The molecule has 0 saturated heterocycles. The van der Waals surface area contributed by atoms with Crippen molar-refractivity contribution in [3.63, 3.8) is 0 Å². The first-order chi connectivity index (χ1) is 23.7. The second-order valence-corrected chi connectivity index (χ2v) is 14.2. The van der Waals surface area contributed by atoms with E-state index in [2.05, 4.69) is 5.32 Å². The minimum absolute atomic E-state index is 0.0248. The maximum atomic E-state index is 14.5. The molecule has 3 aromatic carbocycles. The van der Waals surface area contributed by atoms with Gasteiger partial charge in [0.05, 0.1) is 13.2 Å². The molecule has 0 bridgehead atoms. The third-order valence-corrected chi connectivity index (χ3v) is 8.24. The van der Waals surface area contributed by atoms with Crippen molar-refractivity contribution in [3.05, 3.63) is 108 Å². The van der Waals surface area contributed by atoms with E-state index in [1.807, 2.05) is 80.6 Å². The van der Waals surface area contributed by atoms with E-state index in [4.69, 9.17) is 15.2 Å². The molecule has 5 atom stereocenters. The molecular weight excluding hydrogens is 634 g/mol. The number of ether oxygens (including phenoxy) is 2. The number of nitrogens with two attached hydrogens (primary N) is 1. The smallest absolute Gasteiger partial charge is 0.417 e. The molecule has 0 aromatic heterocycles. The molecule has 50 heavy (non-hydrogen) atoms. The number of hydrogen-bond acceptors (Lipinski definition) is 8. The van der Waals surface area contributed by atoms with Gasteiger partial charge < -0.3 is 25.6 Å². The Morgan fingerprint density at radius 3 is 1.72 bits per heavy atom. The lowest BCUT2D eigenvalue weighted by Gasteiger charge is -2.34. The molecule has 0 fully saturated rings. The van der Waals surface area contributed by atoms with E-state index < -0.39 is 59.6 Å². The predicted molar refractivity (Wildman–Crippen MR) is 193 cm³/mol. The molecule has 2 unspecified atom stereocenters. The van der Waals surface area contributed by atoms with Crippen molar-refractivity contribution in [2.75, 3.05) is 7.11 Å². The molecule has 0 aliphatic carbocycles. The Labute approximate surface area is 296 Å². The first kappa shape index (κ1) is 39.9. The number of methoxy groups -OCH3 is 1. The van der Waals surface area contributed by atoms with E-state index in [1.165, 1.54) is 7.11 Å². The summed E-state index contributed by atoms with van der Waals surface area (Å²) < 4.78 is 10.7. The number of amides is 3. The van der Waals surface area contributed by atoms with Gasteiger partial charge in [-0.15, -0.1) is 0 Å². The van der Waals surface area contributed by atoms with Gasteiger partial charge in [-0.25, -0.2) is 14.5 Å². The Kier molecular flexibility index (Phi) is 15.2.